The fraction of sp³-hybridized carbons (Fsp3) is 0.273. The zero-order valence-corrected chi connectivity index (χ0v) is 9.30. The van der Waals surface area contributed by atoms with Gasteiger partial charge in [0, 0.05) is 12.5 Å². The van der Waals surface area contributed by atoms with Crippen molar-refractivity contribution in [2.75, 3.05) is 6.61 Å². The molecule has 3 nitrogen and oxygen atoms in total. The molecule has 0 saturated heterocycles. The van der Waals surface area contributed by atoms with Crippen LogP contribution >= 0.6 is 11.6 Å². The van der Waals surface area contributed by atoms with Gasteiger partial charge in [0.1, 0.15) is 0 Å². The Morgan fingerprint density at radius 1 is 1.40 bits per heavy atom. The lowest BCUT2D eigenvalue weighted by atomic mass is 10.1. The van der Waals surface area contributed by atoms with Crippen LogP contribution in [-0.4, -0.2) is 18.4 Å². The first-order valence-electron chi connectivity index (χ1n) is 4.43. The van der Waals surface area contributed by atoms with Gasteiger partial charge in [-0.2, -0.15) is 0 Å². The summed E-state index contributed by atoms with van der Waals surface area (Å²) in [6, 6.07) is 5.11. The predicted molar refractivity (Wildman–Crippen MR) is 57.2 cm³/mol. The molecule has 0 aliphatic carbocycles. The van der Waals surface area contributed by atoms with Gasteiger partial charge < -0.3 is 4.74 Å². The van der Waals surface area contributed by atoms with Gasteiger partial charge in [0.2, 0.25) is 5.78 Å². The summed E-state index contributed by atoms with van der Waals surface area (Å²) in [5, 5.41) is 0.382. The fourth-order valence-corrected chi connectivity index (χ4v) is 1.43. The average Bonchev–Trinajstić information content (AvgIpc) is 2.14. The van der Waals surface area contributed by atoms with Crippen LogP contribution in [0.1, 0.15) is 22.8 Å². The van der Waals surface area contributed by atoms with Crippen LogP contribution in [0.2, 0.25) is 5.02 Å². The molecule has 15 heavy (non-hydrogen) atoms. The highest BCUT2D eigenvalue weighted by molar-refractivity contribution is 6.34. The maximum Gasteiger partial charge on any atom is 0.303 e. The number of Topliss-reactive ketones (excluding diaryl/α,β-unsaturated/α-hetero) is 1. The number of aryl methyl sites for hydroxylation is 1. The Kier molecular flexibility index (Phi) is 3.86. The second kappa shape index (κ2) is 4.94. The van der Waals surface area contributed by atoms with Crippen molar-refractivity contribution in [1.29, 1.82) is 0 Å². The number of benzene rings is 1. The van der Waals surface area contributed by atoms with Crippen molar-refractivity contribution in [2.24, 2.45) is 0 Å². The number of hydrogen-bond acceptors (Lipinski definition) is 3. The lowest BCUT2D eigenvalue weighted by Gasteiger charge is -2.04. The van der Waals surface area contributed by atoms with Crippen LogP contribution in [0.25, 0.3) is 0 Å². The van der Waals surface area contributed by atoms with Crippen molar-refractivity contribution < 1.29 is 14.3 Å². The molecule has 0 bridgehead atoms. The summed E-state index contributed by atoms with van der Waals surface area (Å²) in [5.41, 5.74) is 1.35. The van der Waals surface area contributed by atoms with E-state index in [-0.39, 0.29) is 12.4 Å². The van der Waals surface area contributed by atoms with E-state index in [4.69, 9.17) is 11.6 Å². The Hall–Kier alpha value is -1.35. The molecular formula is C11H11ClO3. The molecule has 0 amide bonds. The molecule has 0 unspecified atom stereocenters. The highest BCUT2D eigenvalue weighted by Crippen LogP contribution is 2.18. The summed E-state index contributed by atoms with van der Waals surface area (Å²) in [7, 11) is 0. The van der Waals surface area contributed by atoms with Crippen molar-refractivity contribution in [3.63, 3.8) is 0 Å². The van der Waals surface area contributed by atoms with Gasteiger partial charge >= 0.3 is 5.97 Å². The van der Waals surface area contributed by atoms with Crippen LogP contribution in [-0.2, 0) is 9.53 Å². The van der Waals surface area contributed by atoms with E-state index in [1.54, 1.807) is 18.2 Å². The summed E-state index contributed by atoms with van der Waals surface area (Å²) in [6.45, 7) is 2.87. The van der Waals surface area contributed by atoms with Gasteiger partial charge in [-0.1, -0.05) is 17.7 Å². The zero-order valence-electron chi connectivity index (χ0n) is 8.54. The SMILES string of the molecule is CC(=O)OCC(=O)c1ccc(C)cc1Cl. The number of carbonyl (C=O) groups is 2. The molecule has 0 heterocycles. The van der Waals surface area contributed by atoms with E-state index < -0.39 is 5.97 Å². The Morgan fingerprint density at radius 2 is 2.07 bits per heavy atom. The molecule has 80 valence electrons. The van der Waals surface area contributed by atoms with Crippen molar-refractivity contribution >= 4 is 23.4 Å². The molecule has 1 rings (SSSR count). The molecule has 0 fully saturated rings. The Balaban J connectivity index is 2.78. The summed E-state index contributed by atoms with van der Waals surface area (Å²) >= 11 is 5.88. The largest absolute Gasteiger partial charge is 0.457 e. The van der Waals surface area contributed by atoms with Crippen molar-refractivity contribution in [3.05, 3.63) is 34.3 Å². The molecular weight excluding hydrogens is 216 g/mol. The number of ether oxygens (including phenoxy) is 1. The summed E-state index contributed by atoms with van der Waals surface area (Å²) < 4.78 is 4.60. The number of ketones is 1. The number of esters is 1. The average molecular weight is 227 g/mol. The molecule has 1 aromatic rings. The van der Waals surface area contributed by atoms with E-state index in [1.807, 2.05) is 6.92 Å². The molecule has 0 aliphatic heterocycles. The van der Waals surface area contributed by atoms with E-state index in [1.165, 1.54) is 6.92 Å². The highest BCUT2D eigenvalue weighted by Gasteiger charge is 2.11. The van der Waals surface area contributed by atoms with Crippen LogP contribution in [0.5, 0.6) is 0 Å². The molecule has 0 saturated carbocycles. The molecule has 0 spiro atoms. The molecule has 4 heteroatoms. The topological polar surface area (TPSA) is 43.4 Å². The number of halogens is 1. The Bertz CT molecular complexity index is 399. The van der Waals surface area contributed by atoms with Gasteiger partial charge in [0.25, 0.3) is 0 Å². The first-order valence-corrected chi connectivity index (χ1v) is 4.81. The van der Waals surface area contributed by atoms with Gasteiger partial charge in [-0.15, -0.1) is 0 Å². The van der Waals surface area contributed by atoms with E-state index >= 15 is 0 Å². The molecule has 0 radical (unpaired) electrons. The van der Waals surface area contributed by atoms with Gasteiger partial charge in [-0.3, -0.25) is 9.59 Å². The maximum absolute atomic E-state index is 11.5. The fourth-order valence-electron chi connectivity index (χ4n) is 1.09. The predicted octanol–water partition coefficient (Wildman–Crippen LogP) is 2.39. The van der Waals surface area contributed by atoms with E-state index in [0.717, 1.165) is 5.56 Å². The second-order valence-electron chi connectivity index (χ2n) is 3.19. The lowest BCUT2D eigenvalue weighted by molar-refractivity contribution is -0.139. The van der Waals surface area contributed by atoms with Crippen LogP contribution in [0, 0.1) is 6.92 Å². The molecule has 0 aromatic heterocycles. The summed E-state index contributed by atoms with van der Waals surface area (Å²) in [5.74, 6) is -0.776. The molecule has 0 atom stereocenters. The van der Waals surface area contributed by atoms with Gasteiger partial charge in [0.15, 0.2) is 6.61 Å². The third-order valence-electron chi connectivity index (χ3n) is 1.83. The smallest absolute Gasteiger partial charge is 0.303 e. The minimum absolute atomic E-state index is 0.266. The van der Waals surface area contributed by atoms with Crippen molar-refractivity contribution in [3.8, 4) is 0 Å². The van der Waals surface area contributed by atoms with Crippen molar-refractivity contribution in [1.82, 2.24) is 0 Å². The second-order valence-corrected chi connectivity index (χ2v) is 3.59. The monoisotopic (exact) mass is 226 g/mol. The summed E-state index contributed by atoms with van der Waals surface area (Å²) in [6.07, 6.45) is 0. The number of hydrogen-bond donors (Lipinski definition) is 0. The Labute approximate surface area is 93.0 Å². The quantitative estimate of drug-likeness (QED) is 0.587. The zero-order chi connectivity index (χ0) is 11.4. The minimum Gasteiger partial charge on any atom is -0.457 e. The molecule has 0 aliphatic rings. The Morgan fingerprint density at radius 3 is 2.60 bits per heavy atom. The van der Waals surface area contributed by atoms with Gasteiger partial charge in [-0.05, 0) is 24.6 Å². The van der Waals surface area contributed by atoms with E-state index in [2.05, 4.69) is 4.74 Å². The molecule has 0 N–H and O–H groups in total. The van der Waals surface area contributed by atoms with Crippen LogP contribution in [0.15, 0.2) is 18.2 Å². The highest BCUT2D eigenvalue weighted by atomic mass is 35.5. The lowest BCUT2D eigenvalue weighted by Crippen LogP contribution is -2.12. The normalized spacial score (nSPS) is 9.80. The third kappa shape index (κ3) is 3.36. The van der Waals surface area contributed by atoms with Crippen LogP contribution in [0.3, 0.4) is 0 Å². The third-order valence-corrected chi connectivity index (χ3v) is 2.14. The summed E-state index contributed by atoms with van der Waals surface area (Å²) in [4.78, 5) is 22.0. The first-order chi connectivity index (χ1) is 7.00. The van der Waals surface area contributed by atoms with E-state index in [9.17, 15) is 9.59 Å². The van der Waals surface area contributed by atoms with Crippen LogP contribution in [0.4, 0.5) is 0 Å². The van der Waals surface area contributed by atoms with E-state index in [0.29, 0.717) is 10.6 Å². The maximum atomic E-state index is 11.5. The van der Waals surface area contributed by atoms with Crippen LogP contribution < -0.4 is 0 Å². The van der Waals surface area contributed by atoms with Gasteiger partial charge in [0.05, 0.1) is 5.02 Å². The number of carbonyl (C=O) groups excluding carboxylic acids is 2. The van der Waals surface area contributed by atoms with Gasteiger partial charge in [-0.25, -0.2) is 0 Å². The minimum atomic E-state index is -0.480. The standard InChI is InChI=1S/C11H11ClO3/c1-7-3-4-9(10(12)5-7)11(14)6-15-8(2)13/h3-5H,6H2,1-2H3. The first kappa shape index (κ1) is 11.7. The van der Waals surface area contributed by atoms with Crippen molar-refractivity contribution in [2.45, 2.75) is 13.8 Å². The number of rotatable bonds is 3. The molecule has 1 aromatic carbocycles.